The molecule has 0 saturated carbocycles. The number of aromatic carboxylic acids is 1. The third-order valence-electron chi connectivity index (χ3n) is 2.60. The summed E-state index contributed by atoms with van der Waals surface area (Å²) in [5, 5.41) is 15.4. The number of rotatable bonds is 1. The Kier molecular flexibility index (Phi) is 1.86. The molecule has 0 amide bonds. The van der Waals surface area contributed by atoms with E-state index in [4.69, 9.17) is 5.11 Å². The summed E-state index contributed by atoms with van der Waals surface area (Å²) in [5.41, 5.74) is 2.13. The molecule has 0 aliphatic heterocycles. The normalized spacial score (nSPS) is 21.1. The number of nitrogens with one attached hydrogen (secondary N) is 1. The third kappa shape index (κ3) is 1.34. The number of aromatic nitrogens is 2. The van der Waals surface area contributed by atoms with Gasteiger partial charge in [0.05, 0.1) is 0 Å². The summed E-state index contributed by atoms with van der Waals surface area (Å²) in [7, 11) is 2.14. The van der Waals surface area contributed by atoms with Crippen molar-refractivity contribution < 1.29 is 9.90 Å². The zero-order chi connectivity index (χ0) is 9.42. The van der Waals surface area contributed by atoms with Crippen LogP contribution in [0.15, 0.2) is 0 Å². The fourth-order valence-corrected chi connectivity index (χ4v) is 1.85. The first kappa shape index (κ1) is 8.35. The van der Waals surface area contributed by atoms with E-state index in [1.807, 2.05) is 0 Å². The SMILES string of the molecule is BC1CCc2[nH]nc(C(=O)O)c2C1. The van der Waals surface area contributed by atoms with Crippen LogP contribution in [-0.2, 0) is 12.8 Å². The van der Waals surface area contributed by atoms with E-state index >= 15 is 0 Å². The summed E-state index contributed by atoms with van der Waals surface area (Å²) in [5.74, 6) is -0.352. The molecule has 0 spiro atoms. The molecule has 0 bridgehead atoms. The quantitative estimate of drug-likeness (QED) is 0.595. The average Bonchev–Trinajstić information content (AvgIpc) is 2.46. The van der Waals surface area contributed by atoms with Crippen LogP contribution in [0.1, 0.15) is 28.2 Å². The van der Waals surface area contributed by atoms with Gasteiger partial charge in [0.2, 0.25) is 0 Å². The van der Waals surface area contributed by atoms with E-state index in [0.717, 1.165) is 30.5 Å². The molecule has 0 saturated heterocycles. The van der Waals surface area contributed by atoms with Crippen molar-refractivity contribution in [2.75, 3.05) is 0 Å². The number of fused-ring (bicyclic) bond motifs is 1. The third-order valence-corrected chi connectivity index (χ3v) is 2.60. The highest BCUT2D eigenvalue weighted by atomic mass is 16.4. The highest BCUT2D eigenvalue weighted by molar-refractivity contribution is 6.12. The molecule has 1 aliphatic carbocycles. The second-order valence-corrected chi connectivity index (χ2v) is 3.68. The summed E-state index contributed by atoms with van der Waals surface area (Å²) in [6, 6.07) is 0. The highest BCUT2D eigenvalue weighted by Crippen LogP contribution is 2.27. The Hall–Kier alpha value is -1.26. The van der Waals surface area contributed by atoms with Crippen molar-refractivity contribution in [1.82, 2.24) is 10.2 Å². The van der Waals surface area contributed by atoms with Gasteiger partial charge in [-0.25, -0.2) is 4.79 Å². The predicted octanol–water partition coefficient (Wildman–Crippen LogP) is 0.0182. The Morgan fingerprint density at radius 3 is 3.15 bits per heavy atom. The monoisotopic (exact) mass is 178 g/mol. The van der Waals surface area contributed by atoms with Gasteiger partial charge in [0.25, 0.3) is 0 Å². The summed E-state index contributed by atoms with van der Waals surface area (Å²) in [4.78, 5) is 10.8. The van der Waals surface area contributed by atoms with Crippen LogP contribution in [0.5, 0.6) is 0 Å². The van der Waals surface area contributed by atoms with Gasteiger partial charge >= 0.3 is 5.97 Å². The molecule has 1 heterocycles. The second kappa shape index (κ2) is 2.90. The fourth-order valence-electron chi connectivity index (χ4n) is 1.85. The molecular formula is C8H11BN2O2. The lowest BCUT2D eigenvalue weighted by Gasteiger charge is -2.17. The number of aryl methyl sites for hydroxylation is 1. The number of carbonyl (C=O) groups is 1. The predicted molar refractivity (Wildman–Crippen MR) is 49.9 cm³/mol. The van der Waals surface area contributed by atoms with Crippen molar-refractivity contribution in [3.05, 3.63) is 17.0 Å². The molecule has 1 aromatic rings. The number of carboxylic acids is 1. The van der Waals surface area contributed by atoms with Crippen LogP contribution >= 0.6 is 0 Å². The van der Waals surface area contributed by atoms with Crippen LogP contribution < -0.4 is 0 Å². The van der Waals surface area contributed by atoms with Crippen molar-refractivity contribution in [2.45, 2.75) is 25.1 Å². The topological polar surface area (TPSA) is 66.0 Å². The molecule has 13 heavy (non-hydrogen) atoms. The highest BCUT2D eigenvalue weighted by Gasteiger charge is 2.23. The summed E-state index contributed by atoms with van der Waals surface area (Å²) in [6.45, 7) is 0. The van der Waals surface area contributed by atoms with Gasteiger partial charge in [-0.15, -0.1) is 0 Å². The van der Waals surface area contributed by atoms with Gasteiger partial charge < -0.3 is 5.11 Å². The van der Waals surface area contributed by atoms with Gasteiger partial charge in [0.1, 0.15) is 7.85 Å². The van der Waals surface area contributed by atoms with E-state index < -0.39 is 5.97 Å². The maximum atomic E-state index is 10.8. The molecule has 1 aromatic heterocycles. The van der Waals surface area contributed by atoms with Crippen LogP contribution in [-0.4, -0.2) is 29.1 Å². The molecule has 68 valence electrons. The zero-order valence-corrected chi connectivity index (χ0v) is 7.50. The van der Waals surface area contributed by atoms with Gasteiger partial charge in [0.15, 0.2) is 5.69 Å². The maximum Gasteiger partial charge on any atom is 0.356 e. The van der Waals surface area contributed by atoms with E-state index in [0.29, 0.717) is 5.82 Å². The zero-order valence-electron chi connectivity index (χ0n) is 7.50. The fraction of sp³-hybridized carbons (Fsp3) is 0.500. The molecule has 4 nitrogen and oxygen atoms in total. The molecule has 2 rings (SSSR count). The van der Waals surface area contributed by atoms with E-state index in [-0.39, 0.29) is 5.69 Å². The summed E-state index contributed by atoms with van der Waals surface area (Å²) in [6.07, 6.45) is 2.89. The lowest BCUT2D eigenvalue weighted by molar-refractivity contribution is 0.0689. The average molecular weight is 178 g/mol. The van der Waals surface area contributed by atoms with Gasteiger partial charge in [-0.3, -0.25) is 5.10 Å². The number of nitrogens with zero attached hydrogens (tertiary/aromatic N) is 1. The number of hydrogen-bond donors (Lipinski definition) is 2. The van der Waals surface area contributed by atoms with Crippen molar-refractivity contribution in [1.29, 1.82) is 0 Å². The van der Waals surface area contributed by atoms with Crippen LogP contribution in [0.4, 0.5) is 0 Å². The van der Waals surface area contributed by atoms with Crippen molar-refractivity contribution in [3.8, 4) is 0 Å². The van der Waals surface area contributed by atoms with Gasteiger partial charge in [-0.2, -0.15) is 5.10 Å². The molecule has 1 atom stereocenters. The van der Waals surface area contributed by atoms with Crippen LogP contribution in [0, 0.1) is 0 Å². The van der Waals surface area contributed by atoms with Crippen molar-refractivity contribution in [2.24, 2.45) is 0 Å². The standard InChI is InChI=1S/C8H11BN2O2/c9-4-1-2-6-5(3-4)7(8(12)13)11-10-6/h4H,1-3,9H2,(H,10,11)(H,12,13). The lowest BCUT2D eigenvalue weighted by Crippen LogP contribution is -2.11. The molecule has 0 aromatic carbocycles. The van der Waals surface area contributed by atoms with E-state index in [1.54, 1.807) is 0 Å². The first-order valence-corrected chi connectivity index (χ1v) is 4.48. The van der Waals surface area contributed by atoms with Crippen molar-refractivity contribution >= 4 is 13.8 Å². The summed E-state index contributed by atoms with van der Waals surface area (Å²) < 4.78 is 0. The van der Waals surface area contributed by atoms with E-state index in [1.165, 1.54) is 0 Å². The first-order valence-electron chi connectivity index (χ1n) is 4.48. The summed E-state index contributed by atoms with van der Waals surface area (Å²) >= 11 is 0. The molecule has 0 radical (unpaired) electrons. The lowest BCUT2D eigenvalue weighted by atomic mass is 9.74. The van der Waals surface area contributed by atoms with Crippen LogP contribution in [0.2, 0.25) is 5.82 Å². The van der Waals surface area contributed by atoms with Gasteiger partial charge in [-0.05, 0) is 12.8 Å². The minimum absolute atomic E-state index is 0.210. The molecule has 5 heteroatoms. The largest absolute Gasteiger partial charge is 0.476 e. The number of hydrogen-bond acceptors (Lipinski definition) is 2. The molecule has 0 fully saturated rings. The second-order valence-electron chi connectivity index (χ2n) is 3.68. The maximum absolute atomic E-state index is 10.8. The van der Waals surface area contributed by atoms with Gasteiger partial charge in [-0.1, -0.05) is 12.2 Å². The number of aromatic amines is 1. The molecule has 2 N–H and O–H groups in total. The Labute approximate surface area is 76.8 Å². The van der Waals surface area contributed by atoms with E-state index in [2.05, 4.69) is 18.0 Å². The van der Waals surface area contributed by atoms with Gasteiger partial charge in [0, 0.05) is 11.3 Å². The molecule has 1 aliphatic rings. The van der Waals surface area contributed by atoms with Crippen LogP contribution in [0.25, 0.3) is 0 Å². The molecule has 1 unspecified atom stereocenters. The van der Waals surface area contributed by atoms with E-state index in [9.17, 15) is 4.79 Å². The Balaban J connectivity index is 2.41. The molecular weight excluding hydrogens is 167 g/mol. The Bertz CT molecular complexity index is 348. The minimum Gasteiger partial charge on any atom is -0.476 e. The van der Waals surface area contributed by atoms with Crippen molar-refractivity contribution in [3.63, 3.8) is 0 Å². The Morgan fingerprint density at radius 1 is 1.69 bits per heavy atom. The smallest absolute Gasteiger partial charge is 0.356 e. The minimum atomic E-state index is -0.924. The number of H-pyrrole nitrogens is 1. The first-order chi connectivity index (χ1) is 6.18. The number of carboxylic acid groups (broad SMARTS) is 1. The Morgan fingerprint density at radius 2 is 2.46 bits per heavy atom. The van der Waals surface area contributed by atoms with Crippen LogP contribution in [0.3, 0.4) is 0 Å².